The van der Waals surface area contributed by atoms with Gasteiger partial charge in [-0.25, -0.2) is 9.78 Å². The fourth-order valence-corrected chi connectivity index (χ4v) is 7.10. The van der Waals surface area contributed by atoms with Crippen molar-refractivity contribution in [3.63, 3.8) is 0 Å². The molecule has 2 amide bonds. The van der Waals surface area contributed by atoms with Crippen LogP contribution in [0.1, 0.15) is 82.0 Å². The summed E-state index contributed by atoms with van der Waals surface area (Å²) in [6, 6.07) is 12.0. The lowest BCUT2D eigenvalue weighted by Crippen LogP contribution is -2.47. The molecule has 2 aliphatic heterocycles. The quantitative estimate of drug-likeness (QED) is 0.323. The summed E-state index contributed by atoms with van der Waals surface area (Å²) in [4.78, 5) is 31.9. The Bertz CT molecular complexity index is 1600. The van der Waals surface area contributed by atoms with Gasteiger partial charge < -0.3 is 29.5 Å². The third-order valence-electron chi connectivity index (χ3n) is 9.56. The van der Waals surface area contributed by atoms with Crippen LogP contribution in [0.25, 0.3) is 0 Å². The number of hydrogen-bond donors (Lipinski definition) is 2. The van der Waals surface area contributed by atoms with E-state index < -0.39 is 11.9 Å². The van der Waals surface area contributed by atoms with Crippen LogP contribution in [0.2, 0.25) is 0 Å². The summed E-state index contributed by atoms with van der Waals surface area (Å²) in [5, 5.41) is 11.7. The Labute approximate surface area is 258 Å². The Kier molecular flexibility index (Phi) is 7.90. The smallest absolute Gasteiger partial charge is 0.404 e. The number of pyridine rings is 1. The van der Waals surface area contributed by atoms with Crippen LogP contribution in [-0.4, -0.2) is 45.4 Å². The second-order valence-corrected chi connectivity index (χ2v) is 12.6. The topological polar surface area (TPSA) is 110 Å². The van der Waals surface area contributed by atoms with E-state index in [0.29, 0.717) is 43.3 Å². The van der Waals surface area contributed by atoms with Gasteiger partial charge in [0.2, 0.25) is 5.88 Å². The predicted molar refractivity (Wildman–Crippen MR) is 165 cm³/mol. The van der Waals surface area contributed by atoms with Crippen LogP contribution in [-0.2, 0) is 19.6 Å². The molecule has 9 heteroatoms. The fourth-order valence-electron chi connectivity index (χ4n) is 7.10. The minimum absolute atomic E-state index is 0.0268. The summed E-state index contributed by atoms with van der Waals surface area (Å²) in [7, 11) is 0. The van der Waals surface area contributed by atoms with E-state index in [4.69, 9.17) is 24.3 Å². The molecule has 1 fully saturated rings. The van der Waals surface area contributed by atoms with Gasteiger partial charge in [0, 0.05) is 47.8 Å². The Balaban J connectivity index is 1.23. The maximum absolute atomic E-state index is 14.2. The molecule has 6 rings (SSSR count). The number of benzene rings is 2. The van der Waals surface area contributed by atoms with Gasteiger partial charge in [0.1, 0.15) is 6.61 Å². The van der Waals surface area contributed by atoms with Crippen molar-refractivity contribution in [1.29, 1.82) is 0 Å². The fraction of sp³-hybridized carbons (Fsp3) is 0.457. The van der Waals surface area contributed by atoms with Crippen LogP contribution >= 0.6 is 0 Å². The number of aromatic nitrogens is 1. The third kappa shape index (κ3) is 5.55. The van der Waals surface area contributed by atoms with Crippen LogP contribution < -0.4 is 19.5 Å². The van der Waals surface area contributed by atoms with Gasteiger partial charge >= 0.3 is 6.09 Å². The maximum atomic E-state index is 14.2. The highest BCUT2D eigenvalue weighted by atomic mass is 16.7. The van der Waals surface area contributed by atoms with Crippen LogP contribution in [0, 0.1) is 33.6 Å². The molecule has 3 aliphatic rings. The number of ether oxygens (including phenoxy) is 3. The minimum atomic E-state index is -0.985. The Morgan fingerprint density at radius 1 is 1.07 bits per heavy atom. The van der Waals surface area contributed by atoms with Gasteiger partial charge in [-0.1, -0.05) is 30.3 Å². The molecule has 2 aromatic carbocycles. The molecule has 0 radical (unpaired) electrons. The SMILES string of the molecule is Cc1cc(C)c(CN2CCc3c(C)c4c(c(C)c3C2=O)OC(C)([C@H]2CC[C@H](NC(=O)O)CC2)O4)c(OCc2ccccc2)n1. The Morgan fingerprint density at radius 3 is 2.43 bits per heavy atom. The van der Waals surface area contributed by atoms with Crippen LogP contribution in [0.15, 0.2) is 36.4 Å². The van der Waals surface area contributed by atoms with E-state index >= 15 is 0 Å². The number of aryl methyl sites for hydroxylation is 2. The van der Waals surface area contributed by atoms with Gasteiger partial charge in [0.15, 0.2) is 11.5 Å². The minimum Gasteiger partial charge on any atom is -0.473 e. The summed E-state index contributed by atoms with van der Waals surface area (Å²) in [6.45, 7) is 11.3. The zero-order chi connectivity index (χ0) is 31.2. The molecule has 2 N–H and O–H groups in total. The van der Waals surface area contributed by atoms with Crippen molar-refractivity contribution in [2.24, 2.45) is 5.92 Å². The number of carbonyl (C=O) groups excluding carboxylic acids is 1. The van der Waals surface area contributed by atoms with Crippen LogP contribution in [0.3, 0.4) is 0 Å². The van der Waals surface area contributed by atoms with Crippen molar-refractivity contribution < 1.29 is 28.9 Å². The highest BCUT2D eigenvalue weighted by Crippen LogP contribution is 2.52. The number of carbonyl (C=O) groups is 2. The number of nitrogens with one attached hydrogen (secondary N) is 1. The number of amides is 2. The summed E-state index contributed by atoms with van der Waals surface area (Å²) in [5.41, 5.74) is 7.36. The largest absolute Gasteiger partial charge is 0.473 e. The molecule has 3 aromatic rings. The van der Waals surface area contributed by atoms with Gasteiger partial charge in [-0.3, -0.25) is 4.79 Å². The number of fused-ring (bicyclic) bond motifs is 2. The van der Waals surface area contributed by atoms with Crippen molar-refractivity contribution in [2.75, 3.05) is 6.54 Å². The summed E-state index contributed by atoms with van der Waals surface area (Å²) in [6.07, 6.45) is 2.78. The molecule has 1 aliphatic carbocycles. The molecule has 0 bridgehead atoms. The second kappa shape index (κ2) is 11.7. The van der Waals surface area contributed by atoms with Gasteiger partial charge in [-0.05, 0) is 88.1 Å². The molecule has 1 saturated carbocycles. The third-order valence-corrected chi connectivity index (χ3v) is 9.56. The van der Waals surface area contributed by atoms with Crippen molar-refractivity contribution in [3.05, 3.63) is 81.0 Å². The lowest BCUT2D eigenvalue weighted by molar-refractivity contribution is -0.121. The number of nitrogens with zero attached hydrogens (tertiary/aromatic N) is 2. The van der Waals surface area contributed by atoms with Gasteiger partial charge in [-0.15, -0.1) is 0 Å². The first-order valence-corrected chi connectivity index (χ1v) is 15.5. The summed E-state index contributed by atoms with van der Waals surface area (Å²) < 4.78 is 19.4. The monoisotopic (exact) mass is 599 g/mol. The molecule has 1 unspecified atom stereocenters. The van der Waals surface area contributed by atoms with Crippen molar-refractivity contribution in [1.82, 2.24) is 15.2 Å². The first-order valence-electron chi connectivity index (χ1n) is 15.5. The zero-order valence-corrected chi connectivity index (χ0v) is 26.2. The Morgan fingerprint density at radius 2 is 1.75 bits per heavy atom. The van der Waals surface area contributed by atoms with Crippen molar-refractivity contribution in [3.8, 4) is 17.4 Å². The van der Waals surface area contributed by atoms with E-state index in [1.165, 1.54) is 0 Å². The maximum Gasteiger partial charge on any atom is 0.404 e. The molecule has 1 atom stereocenters. The lowest BCUT2D eigenvalue weighted by atomic mass is 9.81. The van der Waals surface area contributed by atoms with E-state index in [1.54, 1.807) is 0 Å². The van der Waals surface area contributed by atoms with E-state index in [2.05, 4.69) is 5.32 Å². The van der Waals surface area contributed by atoms with Gasteiger partial charge in [0.25, 0.3) is 11.7 Å². The number of rotatable bonds is 7. The van der Waals surface area contributed by atoms with E-state index in [-0.39, 0.29) is 17.9 Å². The molecule has 3 heterocycles. The van der Waals surface area contributed by atoms with E-state index in [0.717, 1.165) is 70.5 Å². The first-order chi connectivity index (χ1) is 21.0. The molecule has 232 valence electrons. The van der Waals surface area contributed by atoms with Crippen molar-refractivity contribution >= 4 is 12.0 Å². The molecular weight excluding hydrogens is 558 g/mol. The molecule has 1 aromatic heterocycles. The molecule has 0 spiro atoms. The first kappa shape index (κ1) is 29.8. The number of hydrogen-bond acceptors (Lipinski definition) is 6. The molecular formula is C35H41N3O6. The highest BCUT2D eigenvalue weighted by Gasteiger charge is 2.48. The summed E-state index contributed by atoms with van der Waals surface area (Å²) in [5.74, 6) is 1.15. The lowest BCUT2D eigenvalue weighted by Gasteiger charge is -2.37. The predicted octanol–water partition coefficient (Wildman–Crippen LogP) is 6.41. The molecule has 9 nitrogen and oxygen atoms in total. The average molecular weight is 600 g/mol. The van der Waals surface area contributed by atoms with Crippen molar-refractivity contribution in [2.45, 2.75) is 91.7 Å². The standard InChI is InChI=1S/C35H41N3O6/c1-20-17-21(2)36-32(42-19-24-9-7-6-8-10-24)28(20)18-38-16-15-27-22(3)30-31(23(4)29(27)33(38)39)44-35(5,43-30)25-11-13-26(14-12-25)37-34(40)41/h6-10,17,25-26,37H,11-16,18-19H2,1-5H3,(H,40,41)/t25-,26-,35?. The van der Waals surface area contributed by atoms with Gasteiger partial charge in [0.05, 0.1) is 6.54 Å². The van der Waals surface area contributed by atoms with Gasteiger partial charge in [-0.2, -0.15) is 0 Å². The zero-order valence-electron chi connectivity index (χ0n) is 26.2. The molecule has 0 saturated heterocycles. The number of carboxylic acid groups (broad SMARTS) is 1. The highest BCUT2D eigenvalue weighted by molar-refractivity contribution is 6.00. The second-order valence-electron chi connectivity index (χ2n) is 12.6. The van der Waals surface area contributed by atoms with E-state index in [9.17, 15) is 9.59 Å². The molecule has 44 heavy (non-hydrogen) atoms. The summed E-state index contributed by atoms with van der Waals surface area (Å²) >= 11 is 0. The van der Waals surface area contributed by atoms with Crippen LogP contribution in [0.4, 0.5) is 4.79 Å². The van der Waals surface area contributed by atoms with E-state index in [1.807, 2.05) is 75.9 Å². The van der Waals surface area contributed by atoms with Crippen LogP contribution in [0.5, 0.6) is 17.4 Å². The normalized spacial score (nSPS) is 22.5. The Hall–Kier alpha value is -4.27. The average Bonchev–Trinajstić information content (AvgIpc) is 3.37.